The van der Waals surface area contributed by atoms with Gasteiger partial charge in [-0.05, 0) is 46.7 Å². The molecule has 0 heterocycles. The fraction of sp³-hybridized carbons (Fsp3) is 0.917. The van der Waals surface area contributed by atoms with Gasteiger partial charge in [0.25, 0.3) is 0 Å². The summed E-state index contributed by atoms with van der Waals surface area (Å²) in [4.78, 5) is 2.50. The van der Waals surface area contributed by atoms with E-state index in [9.17, 15) is 5.26 Å². The molecule has 86 valence electrons. The molecule has 0 amide bonds. The maximum absolute atomic E-state index is 9.20. The molecule has 0 aromatic carbocycles. The first kappa shape index (κ1) is 12.5. The highest BCUT2D eigenvalue weighted by Gasteiger charge is 2.40. The lowest BCUT2D eigenvalue weighted by molar-refractivity contribution is 0.160. The number of nitriles is 1. The van der Waals surface area contributed by atoms with Crippen LogP contribution < -0.4 is 5.32 Å². The second-order valence-corrected chi connectivity index (χ2v) is 4.76. The van der Waals surface area contributed by atoms with Crippen LogP contribution in [0.4, 0.5) is 0 Å². The minimum absolute atomic E-state index is 0.271. The molecular formula is C12H23N3. The van der Waals surface area contributed by atoms with E-state index in [0.29, 0.717) is 12.1 Å². The van der Waals surface area contributed by atoms with Crippen LogP contribution in [-0.4, -0.2) is 36.1 Å². The van der Waals surface area contributed by atoms with Gasteiger partial charge in [-0.25, -0.2) is 0 Å². The van der Waals surface area contributed by atoms with Gasteiger partial charge >= 0.3 is 0 Å². The summed E-state index contributed by atoms with van der Waals surface area (Å²) < 4.78 is 0. The Morgan fingerprint density at radius 1 is 1.60 bits per heavy atom. The van der Waals surface area contributed by atoms with E-state index < -0.39 is 0 Å². The molecule has 15 heavy (non-hydrogen) atoms. The Balaban J connectivity index is 2.66. The van der Waals surface area contributed by atoms with Crippen molar-refractivity contribution >= 4 is 0 Å². The lowest BCUT2D eigenvalue weighted by Gasteiger charge is -2.32. The molecule has 0 aromatic heterocycles. The van der Waals surface area contributed by atoms with Crippen LogP contribution in [0, 0.1) is 11.3 Å². The quantitative estimate of drug-likeness (QED) is 0.766. The summed E-state index contributed by atoms with van der Waals surface area (Å²) in [5.41, 5.74) is -0.271. The zero-order valence-electron chi connectivity index (χ0n) is 10.4. The highest BCUT2D eigenvalue weighted by Crippen LogP contribution is 2.33. The highest BCUT2D eigenvalue weighted by molar-refractivity contribution is 5.12. The van der Waals surface area contributed by atoms with Gasteiger partial charge in [0, 0.05) is 12.1 Å². The van der Waals surface area contributed by atoms with E-state index in [0.717, 1.165) is 25.8 Å². The molecule has 0 bridgehead atoms. The van der Waals surface area contributed by atoms with Gasteiger partial charge < -0.3 is 5.32 Å². The van der Waals surface area contributed by atoms with Crippen LogP contribution in [-0.2, 0) is 0 Å². The molecule has 1 fully saturated rings. The monoisotopic (exact) mass is 209 g/mol. The summed E-state index contributed by atoms with van der Waals surface area (Å²) >= 11 is 0. The molecule has 3 nitrogen and oxygen atoms in total. The average molecular weight is 209 g/mol. The average Bonchev–Trinajstić information content (AvgIpc) is 2.64. The Hall–Kier alpha value is -0.590. The van der Waals surface area contributed by atoms with E-state index in [4.69, 9.17) is 0 Å². The van der Waals surface area contributed by atoms with Crippen LogP contribution in [0.15, 0.2) is 0 Å². The second-order valence-electron chi connectivity index (χ2n) is 4.76. The van der Waals surface area contributed by atoms with Crippen LogP contribution in [0.1, 0.15) is 40.0 Å². The number of nitrogens with zero attached hydrogens (tertiary/aromatic N) is 2. The first-order chi connectivity index (χ1) is 7.08. The Kier molecular flexibility index (Phi) is 4.12. The van der Waals surface area contributed by atoms with Gasteiger partial charge in [0.05, 0.1) is 6.07 Å². The molecule has 1 N–H and O–H groups in total. The Morgan fingerprint density at radius 3 is 2.60 bits per heavy atom. The van der Waals surface area contributed by atoms with Crippen molar-refractivity contribution in [3.63, 3.8) is 0 Å². The van der Waals surface area contributed by atoms with Gasteiger partial charge in [-0.1, -0.05) is 6.92 Å². The molecular weight excluding hydrogens is 186 g/mol. The smallest absolute Gasteiger partial charge is 0.108 e. The van der Waals surface area contributed by atoms with Gasteiger partial charge in [0.2, 0.25) is 0 Å². The first-order valence-electron chi connectivity index (χ1n) is 5.94. The molecule has 0 radical (unpaired) electrons. The van der Waals surface area contributed by atoms with E-state index in [1.54, 1.807) is 0 Å². The standard InChI is InChI=1S/C12H23N3/c1-5-15(10(2)3)11-6-7-12(8-11,9-13)14-4/h10-11,14H,5-8H2,1-4H3. The van der Waals surface area contributed by atoms with E-state index >= 15 is 0 Å². The predicted molar refractivity (Wildman–Crippen MR) is 62.6 cm³/mol. The van der Waals surface area contributed by atoms with Gasteiger partial charge in [0.1, 0.15) is 5.54 Å². The highest BCUT2D eigenvalue weighted by atomic mass is 15.2. The fourth-order valence-corrected chi connectivity index (χ4v) is 2.73. The molecule has 0 aromatic rings. The summed E-state index contributed by atoms with van der Waals surface area (Å²) in [5, 5.41) is 12.4. The van der Waals surface area contributed by atoms with Crippen molar-refractivity contribution in [1.82, 2.24) is 10.2 Å². The van der Waals surface area contributed by atoms with Crippen LogP contribution in [0.3, 0.4) is 0 Å². The van der Waals surface area contributed by atoms with Crippen LogP contribution in [0.2, 0.25) is 0 Å². The minimum Gasteiger partial charge on any atom is -0.302 e. The Morgan fingerprint density at radius 2 is 2.27 bits per heavy atom. The maximum Gasteiger partial charge on any atom is 0.108 e. The van der Waals surface area contributed by atoms with E-state index in [1.807, 2.05) is 7.05 Å². The SMILES string of the molecule is CCN(C(C)C)C1CCC(C#N)(NC)C1. The number of hydrogen-bond acceptors (Lipinski definition) is 3. The molecule has 1 aliphatic carbocycles. The molecule has 2 unspecified atom stereocenters. The molecule has 1 saturated carbocycles. The van der Waals surface area contributed by atoms with Gasteiger partial charge in [0.15, 0.2) is 0 Å². The van der Waals surface area contributed by atoms with Crippen molar-refractivity contribution in [3.05, 3.63) is 0 Å². The molecule has 0 aliphatic heterocycles. The van der Waals surface area contributed by atoms with E-state index in [-0.39, 0.29) is 5.54 Å². The molecule has 1 aliphatic rings. The summed E-state index contributed by atoms with van der Waals surface area (Å²) in [6.07, 6.45) is 3.08. The van der Waals surface area contributed by atoms with Gasteiger partial charge in [-0.15, -0.1) is 0 Å². The minimum atomic E-state index is -0.271. The summed E-state index contributed by atoms with van der Waals surface area (Å²) in [6, 6.07) is 3.58. The summed E-state index contributed by atoms with van der Waals surface area (Å²) in [5.74, 6) is 0. The van der Waals surface area contributed by atoms with Crippen molar-refractivity contribution in [1.29, 1.82) is 5.26 Å². The van der Waals surface area contributed by atoms with Crippen LogP contribution >= 0.6 is 0 Å². The maximum atomic E-state index is 9.20. The van der Waals surface area contributed by atoms with Crippen LogP contribution in [0.25, 0.3) is 0 Å². The normalized spacial score (nSPS) is 31.1. The Bertz CT molecular complexity index is 244. The number of hydrogen-bond donors (Lipinski definition) is 1. The first-order valence-corrected chi connectivity index (χ1v) is 5.94. The third-order valence-corrected chi connectivity index (χ3v) is 3.68. The fourth-order valence-electron chi connectivity index (χ4n) is 2.73. The lowest BCUT2D eigenvalue weighted by Crippen LogP contribution is -2.43. The largest absolute Gasteiger partial charge is 0.302 e. The topological polar surface area (TPSA) is 39.1 Å². The lowest BCUT2D eigenvalue weighted by atomic mass is 9.99. The summed E-state index contributed by atoms with van der Waals surface area (Å²) in [6.45, 7) is 7.74. The molecule has 3 heteroatoms. The van der Waals surface area contributed by atoms with E-state index in [2.05, 4.69) is 37.1 Å². The molecule has 0 saturated heterocycles. The third kappa shape index (κ3) is 2.50. The van der Waals surface area contributed by atoms with Crippen molar-refractivity contribution in [3.8, 4) is 6.07 Å². The predicted octanol–water partition coefficient (Wildman–Crippen LogP) is 1.75. The molecule has 1 rings (SSSR count). The molecule has 0 spiro atoms. The number of nitrogens with one attached hydrogen (secondary N) is 1. The van der Waals surface area contributed by atoms with Gasteiger partial charge in [-0.2, -0.15) is 5.26 Å². The van der Waals surface area contributed by atoms with Crippen molar-refractivity contribution in [2.75, 3.05) is 13.6 Å². The Labute approximate surface area is 93.5 Å². The number of rotatable bonds is 4. The van der Waals surface area contributed by atoms with E-state index in [1.165, 1.54) is 0 Å². The van der Waals surface area contributed by atoms with Crippen LogP contribution in [0.5, 0.6) is 0 Å². The second kappa shape index (κ2) is 4.96. The van der Waals surface area contributed by atoms with Crippen molar-refractivity contribution in [2.24, 2.45) is 0 Å². The zero-order chi connectivity index (χ0) is 11.5. The molecule has 2 atom stereocenters. The third-order valence-electron chi connectivity index (χ3n) is 3.68. The van der Waals surface area contributed by atoms with Gasteiger partial charge in [-0.3, -0.25) is 4.90 Å². The summed E-state index contributed by atoms with van der Waals surface area (Å²) in [7, 11) is 1.90. The van der Waals surface area contributed by atoms with Crippen molar-refractivity contribution < 1.29 is 0 Å². The zero-order valence-corrected chi connectivity index (χ0v) is 10.4. The van der Waals surface area contributed by atoms with Crippen molar-refractivity contribution in [2.45, 2.75) is 57.7 Å².